The van der Waals surface area contributed by atoms with Gasteiger partial charge in [-0.05, 0) is 37.4 Å². The number of benzene rings is 1. The molecule has 0 amide bonds. The Balaban J connectivity index is 2.39. The van der Waals surface area contributed by atoms with Gasteiger partial charge in [-0.2, -0.15) is 0 Å². The average Bonchev–Trinajstić information content (AvgIpc) is 2.42. The fourth-order valence-corrected chi connectivity index (χ4v) is 1.61. The van der Waals surface area contributed by atoms with Crippen molar-refractivity contribution in [3.8, 4) is 17.6 Å². The number of rotatable bonds is 6. The van der Waals surface area contributed by atoms with Crippen LogP contribution in [-0.4, -0.2) is 42.9 Å². The van der Waals surface area contributed by atoms with E-state index in [1.54, 1.807) is 0 Å². The second-order valence-corrected chi connectivity index (χ2v) is 3.86. The number of nitrogens with zero attached hydrogens (tertiary/aromatic N) is 1. The molecule has 0 fully saturated rings. The van der Waals surface area contributed by atoms with Gasteiger partial charge in [0.1, 0.15) is 19.0 Å². The number of likely N-dealkylation sites (N-methyl/N-ethyl adjacent to an activating group) is 1. The molecule has 0 radical (unpaired) electrons. The molecule has 0 atom stereocenters. The summed E-state index contributed by atoms with van der Waals surface area (Å²) >= 11 is 0. The first-order valence-electron chi connectivity index (χ1n) is 6.35. The topological polar surface area (TPSA) is 32.7 Å². The van der Waals surface area contributed by atoms with Gasteiger partial charge in [0.05, 0.1) is 0 Å². The van der Waals surface area contributed by atoms with Crippen LogP contribution >= 0.6 is 0 Å². The van der Waals surface area contributed by atoms with Crippen LogP contribution < -0.4 is 4.74 Å². The predicted molar refractivity (Wildman–Crippen MR) is 73.7 cm³/mol. The molecule has 0 bridgehead atoms. The third-order valence-corrected chi connectivity index (χ3v) is 2.74. The van der Waals surface area contributed by atoms with Gasteiger partial charge in [0, 0.05) is 12.1 Å². The van der Waals surface area contributed by atoms with Crippen LogP contribution in [0.15, 0.2) is 24.3 Å². The maximum absolute atomic E-state index is 8.59. The lowest BCUT2D eigenvalue weighted by atomic mass is 10.2. The summed E-state index contributed by atoms with van der Waals surface area (Å²) in [6.45, 7) is 7.94. The standard InChI is InChI=1S/C15H21NO2/c1-3-16(4-2)11-13-18-15-9-7-14(8-10-15)6-5-12-17/h7-10,17H,3-4,11-13H2,1-2H3. The summed E-state index contributed by atoms with van der Waals surface area (Å²) in [5, 5.41) is 8.59. The van der Waals surface area contributed by atoms with Crippen molar-refractivity contribution in [3.05, 3.63) is 29.8 Å². The first-order chi connectivity index (χ1) is 8.80. The Bertz CT molecular complexity index is 385. The molecule has 0 aliphatic heterocycles. The first kappa shape index (κ1) is 14.6. The van der Waals surface area contributed by atoms with Gasteiger partial charge in [0.15, 0.2) is 0 Å². The van der Waals surface area contributed by atoms with E-state index in [9.17, 15) is 0 Å². The molecule has 18 heavy (non-hydrogen) atoms. The van der Waals surface area contributed by atoms with Crippen LogP contribution in [-0.2, 0) is 0 Å². The fraction of sp³-hybridized carbons (Fsp3) is 0.467. The molecule has 3 heteroatoms. The maximum atomic E-state index is 8.59. The fourth-order valence-electron chi connectivity index (χ4n) is 1.61. The Morgan fingerprint density at radius 3 is 2.39 bits per heavy atom. The minimum atomic E-state index is -0.109. The summed E-state index contributed by atoms with van der Waals surface area (Å²) in [6, 6.07) is 7.61. The Labute approximate surface area is 109 Å². The number of ether oxygens (including phenoxy) is 1. The van der Waals surface area contributed by atoms with Crippen LogP contribution in [0.5, 0.6) is 5.75 Å². The number of aliphatic hydroxyl groups is 1. The number of hydrogen-bond donors (Lipinski definition) is 1. The maximum Gasteiger partial charge on any atom is 0.119 e. The minimum Gasteiger partial charge on any atom is -0.492 e. The highest BCUT2D eigenvalue weighted by atomic mass is 16.5. The molecule has 0 aliphatic rings. The lowest BCUT2D eigenvalue weighted by Gasteiger charge is -2.17. The molecule has 1 aromatic rings. The van der Waals surface area contributed by atoms with Crippen molar-refractivity contribution >= 4 is 0 Å². The SMILES string of the molecule is CCN(CC)CCOc1ccc(C#CCO)cc1. The van der Waals surface area contributed by atoms with Gasteiger partial charge in [0.25, 0.3) is 0 Å². The van der Waals surface area contributed by atoms with E-state index in [0.717, 1.165) is 30.9 Å². The molecule has 0 heterocycles. The third kappa shape index (κ3) is 5.22. The largest absolute Gasteiger partial charge is 0.492 e. The Kier molecular flexibility index (Phi) is 6.93. The van der Waals surface area contributed by atoms with Crippen LogP contribution in [0.2, 0.25) is 0 Å². The molecule has 0 spiro atoms. The normalized spacial score (nSPS) is 10.0. The van der Waals surface area contributed by atoms with E-state index >= 15 is 0 Å². The van der Waals surface area contributed by atoms with Gasteiger partial charge >= 0.3 is 0 Å². The summed E-state index contributed by atoms with van der Waals surface area (Å²) in [5.74, 6) is 6.32. The van der Waals surface area contributed by atoms with Crippen molar-refractivity contribution in [2.45, 2.75) is 13.8 Å². The smallest absolute Gasteiger partial charge is 0.119 e. The van der Waals surface area contributed by atoms with Crippen molar-refractivity contribution in [2.75, 3.05) is 32.8 Å². The van der Waals surface area contributed by atoms with E-state index in [0.29, 0.717) is 6.61 Å². The van der Waals surface area contributed by atoms with E-state index < -0.39 is 0 Å². The molecule has 98 valence electrons. The number of hydrogen-bond acceptors (Lipinski definition) is 3. The molecule has 1 aromatic carbocycles. The predicted octanol–water partition coefficient (Wildman–Crippen LogP) is 1.75. The summed E-state index contributed by atoms with van der Waals surface area (Å²) in [6.07, 6.45) is 0. The van der Waals surface area contributed by atoms with E-state index in [-0.39, 0.29) is 6.61 Å². The molecule has 0 saturated heterocycles. The van der Waals surface area contributed by atoms with E-state index in [2.05, 4.69) is 30.6 Å². The Morgan fingerprint density at radius 2 is 1.83 bits per heavy atom. The molecular weight excluding hydrogens is 226 g/mol. The lowest BCUT2D eigenvalue weighted by Crippen LogP contribution is -2.27. The summed E-state index contributed by atoms with van der Waals surface area (Å²) in [4.78, 5) is 2.32. The highest BCUT2D eigenvalue weighted by Crippen LogP contribution is 2.11. The highest BCUT2D eigenvalue weighted by Gasteiger charge is 1.99. The zero-order valence-electron chi connectivity index (χ0n) is 11.1. The average molecular weight is 247 g/mol. The van der Waals surface area contributed by atoms with Gasteiger partial charge in [-0.25, -0.2) is 0 Å². The second-order valence-electron chi connectivity index (χ2n) is 3.86. The lowest BCUT2D eigenvalue weighted by molar-refractivity contribution is 0.223. The monoisotopic (exact) mass is 247 g/mol. The Morgan fingerprint density at radius 1 is 1.17 bits per heavy atom. The van der Waals surface area contributed by atoms with Crippen molar-refractivity contribution in [1.29, 1.82) is 0 Å². The molecule has 0 aromatic heterocycles. The van der Waals surface area contributed by atoms with Gasteiger partial charge in [-0.3, -0.25) is 0 Å². The molecule has 0 aliphatic carbocycles. The molecule has 0 unspecified atom stereocenters. The highest BCUT2D eigenvalue weighted by molar-refractivity contribution is 5.38. The van der Waals surface area contributed by atoms with E-state index in [1.807, 2.05) is 24.3 Å². The van der Waals surface area contributed by atoms with Crippen molar-refractivity contribution in [1.82, 2.24) is 4.90 Å². The molecule has 0 saturated carbocycles. The van der Waals surface area contributed by atoms with E-state index in [4.69, 9.17) is 9.84 Å². The van der Waals surface area contributed by atoms with Gasteiger partial charge in [0.2, 0.25) is 0 Å². The summed E-state index contributed by atoms with van der Waals surface area (Å²) in [7, 11) is 0. The zero-order valence-corrected chi connectivity index (χ0v) is 11.1. The first-order valence-corrected chi connectivity index (χ1v) is 6.35. The van der Waals surface area contributed by atoms with Crippen LogP contribution in [0.1, 0.15) is 19.4 Å². The molecule has 3 nitrogen and oxygen atoms in total. The minimum absolute atomic E-state index is 0.109. The second kappa shape index (κ2) is 8.57. The van der Waals surface area contributed by atoms with Gasteiger partial charge in [-0.15, -0.1) is 0 Å². The van der Waals surface area contributed by atoms with Crippen molar-refractivity contribution in [2.24, 2.45) is 0 Å². The molecule has 1 rings (SSSR count). The molecular formula is C15H21NO2. The summed E-state index contributed by atoms with van der Waals surface area (Å²) in [5.41, 5.74) is 0.889. The Hall–Kier alpha value is -1.50. The van der Waals surface area contributed by atoms with Crippen LogP contribution in [0.4, 0.5) is 0 Å². The van der Waals surface area contributed by atoms with Crippen molar-refractivity contribution < 1.29 is 9.84 Å². The summed E-state index contributed by atoms with van der Waals surface area (Å²) < 4.78 is 5.66. The van der Waals surface area contributed by atoms with Gasteiger partial charge < -0.3 is 14.7 Å². The van der Waals surface area contributed by atoms with Crippen LogP contribution in [0.25, 0.3) is 0 Å². The van der Waals surface area contributed by atoms with Gasteiger partial charge in [-0.1, -0.05) is 25.7 Å². The van der Waals surface area contributed by atoms with Crippen LogP contribution in [0.3, 0.4) is 0 Å². The third-order valence-electron chi connectivity index (χ3n) is 2.74. The zero-order chi connectivity index (χ0) is 13.2. The van der Waals surface area contributed by atoms with Crippen LogP contribution in [0, 0.1) is 11.8 Å². The van der Waals surface area contributed by atoms with Crippen molar-refractivity contribution in [3.63, 3.8) is 0 Å². The number of aliphatic hydroxyl groups excluding tert-OH is 1. The van der Waals surface area contributed by atoms with E-state index in [1.165, 1.54) is 0 Å². The quantitative estimate of drug-likeness (QED) is 0.777. The molecule has 1 N–H and O–H groups in total.